The number of pyridine rings is 1. The molecule has 2 N–H and O–H groups in total. The van der Waals surface area contributed by atoms with Gasteiger partial charge in [0.15, 0.2) is 5.43 Å². The van der Waals surface area contributed by atoms with Gasteiger partial charge in [-0.1, -0.05) is 6.42 Å². The van der Waals surface area contributed by atoms with E-state index in [1.165, 1.54) is 25.1 Å². The summed E-state index contributed by atoms with van der Waals surface area (Å²) < 4.78 is 0. The smallest absolute Gasteiger partial charge is 0.256 e. The van der Waals surface area contributed by atoms with Gasteiger partial charge in [-0.25, -0.2) is 0 Å². The highest BCUT2D eigenvalue weighted by Crippen LogP contribution is 2.13. The number of likely N-dealkylation sites (N-methyl/N-ethyl adjacent to an activating group) is 1. The van der Waals surface area contributed by atoms with Crippen molar-refractivity contribution in [3.63, 3.8) is 0 Å². The molecular formula is C14H21N3O2. The minimum atomic E-state index is -0.291. The molecule has 104 valence electrons. The summed E-state index contributed by atoms with van der Waals surface area (Å²) in [5.41, 5.74) is 0.711. The zero-order chi connectivity index (χ0) is 13.8. The van der Waals surface area contributed by atoms with Crippen molar-refractivity contribution in [2.45, 2.75) is 32.2 Å². The van der Waals surface area contributed by atoms with Gasteiger partial charge in [-0.05, 0) is 33.4 Å². The Morgan fingerprint density at radius 3 is 3.00 bits per heavy atom. The van der Waals surface area contributed by atoms with Crippen LogP contribution in [0.15, 0.2) is 17.1 Å². The fraction of sp³-hybridized carbons (Fsp3) is 0.571. The molecule has 2 heterocycles. The monoisotopic (exact) mass is 263 g/mol. The van der Waals surface area contributed by atoms with Crippen molar-refractivity contribution in [2.24, 2.45) is 0 Å². The molecule has 0 spiro atoms. The van der Waals surface area contributed by atoms with E-state index in [0.717, 1.165) is 18.7 Å². The Morgan fingerprint density at radius 1 is 1.53 bits per heavy atom. The molecule has 1 fully saturated rings. The van der Waals surface area contributed by atoms with E-state index in [0.29, 0.717) is 12.6 Å². The van der Waals surface area contributed by atoms with E-state index in [2.05, 4.69) is 22.2 Å². The molecular weight excluding hydrogens is 242 g/mol. The number of amides is 1. The molecule has 1 aromatic rings. The van der Waals surface area contributed by atoms with Crippen LogP contribution in [0.25, 0.3) is 0 Å². The second kappa shape index (κ2) is 6.02. The third-order valence-electron chi connectivity index (χ3n) is 3.72. The van der Waals surface area contributed by atoms with Crippen LogP contribution in [0.3, 0.4) is 0 Å². The van der Waals surface area contributed by atoms with Crippen LogP contribution in [0.2, 0.25) is 0 Å². The van der Waals surface area contributed by atoms with Gasteiger partial charge in [0.25, 0.3) is 5.91 Å². The number of aryl methyl sites for hydroxylation is 1. The van der Waals surface area contributed by atoms with Crippen LogP contribution >= 0.6 is 0 Å². The van der Waals surface area contributed by atoms with Crippen LogP contribution in [0.1, 0.15) is 35.3 Å². The molecule has 0 aliphatic carbocycles. The van der Waals surface area contributed by atoms with Gasteiger partial charge >= 0.3 is 0 Å². The Hall–Kier alpha value is -1.62. The average molecular weight is 263 g/mol. The Balaban J connectivity index is 1.95. The highest BCUT2D eigenvalue weighted by Gasteiger charge is 2.20. The summed E-state index contributed by atoms with van der Waals surface area (Å²) in [6.07, 6.45) is 5.01. The summed E-state index contributed by atoms with van der Waals surface area (Å²) in [6.45, 7) is 3.47. The topological polar surface area (TPSA) is 65.2 Å². The molecule has 1 aromatic heterocycles. The lowest BCUT2D eigenvalue weighted by molar-refractivity contribution is 0.0927. The van der Waals surface area contributed by atoms with Gasteiger partial charge in [0.1, 0.15) is 5.56 Å². The quantitative estimate of drug-likeness (QED) is 0.851. The van der Waals surface area contributed by atoms with Gasteiger partial charge in [0.05, 0.1) is 0 Å². The predicted octanol–water partition coefficient (Wildman–Crippen LogP) is 0.897. The second-order valence-corrected chi connectivity index (χ2v) is 5.23. The van der Waals surface area contributed by atoms with Gasteiger partial charge < -0.3 is 15.2 Å². The number of piperidine rings is 1. The summed E-state index contributed by atoms with van der Waals surface area (Å²) in [7, 11) is 2.08. The molecule has 5 nitrogen and oxygen atoms in total. The third-order valence-corrected chi connectivity index (χ3v) is 3.72. The van der Waals surface area contributed by atoms with Crippen molar-refractivity contribution >= 4 is 5.91 Å². The Labute approximate surface area is 113 Å². The van der Waals surface area contributed by atoms with E-state index in [9.17, 15) is 9.59 Å². The van der Waals surface area contributed by atoms with Crippen molar-refractivity contribution in [3.05, 3.63) is 33.7 Å². The number of nitrogens with zero attached hydrogens (tertiary/aromatic N) is 1. The van der Waals surface area contributed by atoms with E-state index < -0.39 is 0 Å². The van der Waals surface area contributed by atoms with Crippen LogP contribution in [0.5, 0.6) is 0 Å². The predicted molar refractivity (Wildman–Crippen MR) is 74.4 cm³/mol. The lowest BCUT2D eigenvalue weighted by Crippen LogP contribution is -2.45. The van der Waals surface area contributed by atoms with Crippen molar-refractivity contribution < 1.29 is 4.79 Å². The summed E-state index contributed by atoms with van der Waals surface area (Å²) in [6, 6.07) is 1.82. The molecule has 1 amide bonds. The maximum atomic E-state index is 12.0. The Bertz CT molecular complexity index is 510. The Kier molecular flexibility index (Phi) is 4.37. The first kappa shape index (κ1) is 13.8. The van der Waals surface area contributed by atoms with Crippen LogP contribution in [0.4, 0.5) is 0 Å². The number of nitrogens with one attached hydrogen (secondary N) is 2. The van der Waals surface area contributed by atoms with Crippen LogP contribution in [-0.2, 0) is 0 Å². The minimum Gasteiger partial charge on any atom is -0.364 e. The molecule has 1 aliphatic heterocycles. The maximum absolute atomic E-state index is 12.0. The number of aromatic amines is 1. The van der Waals surface area contributed by atoms with Gasteiger partial charge in [0.2, 0.25) is 0 Å². The van der Waals surface area contributed by atoms with Gasteiger partial charge in [0, 0.05) is 30.5 Å². The molecule has 0 bridgehead atoms. The second-order valence-electron chi connectivity index (χ2n) is 5.23. The minimum absolute atomic E-state index is 0.184. The van der Waals surface area contributed by atoms with Crippen molar-refractivity contribution in [1.82, 2.24) is 15.2 Å². The number of H-pyrrole nitrogens is 1. The number of aromatic nitrogens is 1. The molecule has 5 heteroatoms. The van der Waals surface area contributed by atoms with E-state index in [4.69, 9.17) is 0 Å². The average Bonchev–Trinajstić information content (AvgIpc) is 2.37. The first-order chi connectivity index (χ1) is 9.08. The standard InChI is InChI=1S/C14H21N3O2/c1-10-7-13(18)12(9-15-10)14(19)16-8-11-5-3-4-6-17(11)2/h7,9,11H,3-6,8H2,1-2H3,(H,15,18)(H,16,19). The first-order valence-electron chi connectivity index (χ1n) is 6.75. The van der Waals surface area contributed by atoms with Gasteiger partial charge in [-0.15, -0.1) is 0 Å². The van der Waals surface area contributed by atoms with Crippen LogP contribution in [0, 0.1) is 6.92 Å². The zero-order valence-electron chi connectivity index (χ0n) is 11.5. The summed E-state index contributed by atoms with van der Waals surface area (Å²) in [4.78, 5) is 28.8. The van der Waals surface area contributed by atoms with E-state index >= 15 is 0 Å². The number of carbonyl (C=O) groups is 1. The number of hydrogen-bond donors (Lipinski definition) is 2. The van der Waals surface area contributed by atoms with Gasteiger partial charge in [-0.2, -0.15) is 0 Å². The summed E-state index contributed by atoms with van der Waals surface area (Å²) in [5, 5.41) is 2.86. The van der Waals surface area contributed by atoms with Crippen LogP contribution in [-0.4, -0.2) is 42.0 Å². The molecule has 1 atom stereocenters. The molecule has 1 saturated heterocycles. The highest BCUT2D eigenvalue weighted by molar-refractivity contribution is 5.93. The lowest BCUT2D eigenvalue weighted by Gasteiger charge is -2.32. The fourth-order valence-corrected chi connectivity index (χ4v) is 2.46. The number of rotatable bonds is 3. The maximum Gasteiger partial charge on any atom is 0.256 e. The summed E-state index contributed by atoms with van der Waals surface area (Å²) in [5.74, 6) is -0.291. The molecule has 0 saturated carbocycles. The SMILES string of the molecule is Cc1cc(=O)c(C(=O)NCC2CCCCN2C)c[nH]1. The van der Waals surface area contributed by atoms with Crippen molar-refractivity contribution in [3.8, 4) is 0 Å². The van der Waals surface area contributed by atoms with E-state index in [-0.39, 0.29) is 16.9 Å². The van der Waals surface area contributed by atoms with E-state index in [1.54, 1.807) is 6.92 Å². The first-order valence-corrected chi connectivity index (χ1v) is 6.75. The molecule has 2 rings (SSSR count). The van der Waals surface area contributed by atoms with Crippen molar-refractivity contribution in [2.75, 3.05) is 20.1 Å². The molecule has 0 radical (unpaired) electrons. The van der Waals surface area contributed by atoms with E-state index in [1.807, 2.05) is 0 Å². The number of hydrogen-bond acceptors (Lipinski definition) is 3. The highest BCUT2D eigenvalue weighted by atomic mass is 16.2. The lowest BCUT2D eigenvalue weighted by atomic mass is 10.0. The summed E-state index contributed by atoms with van der Waals surface area (Å²) >= 11 is 0. The number of carbonyl (C=O) groups excluding carboxylic acids is 1. The normalized spacial score (nSPS) is 20.2. The molecule has 1 unspecified atom stereocenters. The van der Waals surface area contributed by atoms with Crippen LogP contribution < -0.4 is 10.7 Å². The fourth-order valence-electron chi connectivity index (χ4n) is 2.46. The number of likely N-dealkylation sites (tertiary alicyclic amines) is 1. The largest absolute Gasteiger partial charge is 0.364 e. The zero-order valence-corrected chi connectivity index (χ0v) is 11.5. The third kappa shape index (κ3) is 3.44. The molecule has 0 aromatic carbocycles. The molecule has 1 aliphatic rings. The molecule has 19 heavy (non-hydrogen) atoms. The Morgan fingerprint density at radius 2 is 2.32 bits per heavy atom. The van der Waals surface area contributed by atoms with Gasteiger partial charge in [-0.3, -0.25) is 9.59 Å². The van der Waals surface area contributed by atoms with Crippen molar-refractivity contribution in [1.29, 1.82) is 0 Å².